The molecule has 0 saturated carbocycles. The highest BCUT2D eigenvalue weighted by molar-refractivity contribution is 6.18. The molecule has 0 saturated heterocycles. The van der Waals surface area contributed by atoms with Gasteiger partial charge in [-0.3, -0.25) is 10.4 Å². The van der Waals surface area contributed by atoms with E-state index in [9.17, 15) is 0 Å². The Balaban J connectivity index is 1.40. The fraction of sp³-hybridized carbons (Fsp3) is 0.146. The summed E-state index contributed by atoms with van der Waals surface area (Å²) in [5, 5.41) is 4.68. The van der Waals surface area contributed by atoms with E-state index in [0.717, 1.165) is 56.4 Å². The number of benzene rings is 2. The number of rotatable bonds is 11. The lowest BCUT2D eigenvalue weighted by Crippen LogP contribution is -2.28. The number of amidine groups is 1. The van der Waals surface area contributed by atoms with E-state index in [1.807, 2.05) is 106 Å². The molecular formula is C41H41N7. The molecule has 240 valence electrons. The van der Waals surface area contributed by atoms with Crippen molar-refractivity contribution in [2.24, 2.45) is 10.1 Å². The monoisotopic (exact) mass is 631 g/mol. The van der Waals surface area contributed by atoms with Crippen LogP contribution in [0.5, 0.6) is 0 Å². The summed E-state index contributed by atoms with van der Waals surface area (Å²) in [5.74, 6) is 2.19. The van der Waals surface area contributed by atoms with Gasteiger partial charge in [0.1, 0.15) is 18.0 Å². The topological polar surface area (TPSA) is 78.7 Å². The average Bonchev–Trinajstić information content (AvgIpc) is 3.44. The predicted molar refractivity (Wildman–Crippen MR) is 201 cm³/mol. The quantitative estimate of drug-likeness (QED) is 0.169. The van der Waals surface area contributed by atoms with Crippen LogP contribution in [0, 0.1) is 0 Å². The minimum atomic E-state index is -0.0646. The molecule has 5 rings (SSSR count). The predicted octanol–water partition coefficient (Wildman–Crippen LogP) is 8.95. The van der Waals surface area contributed by atoms with Crippen LogP contribution in [0.1, 0.15) is 32.5 Å². The highest BCUT2D eigenvalue weighted by Gasteiger charge is 2.35. The Kier molecular flexibility index (Phi) is 11.2. The lowest BCUT2D eigenvalue weighted by atomic mass is 9.95. The summed E-state index contributed by atoms with van der Waals surface area (Å²) in [7, 11) is 1.83. The van der Waals surface area contributed by atoms with Crippen molar-refractivity contribution in [2.75, 3.05) is 19.0 Å². The molecule has 1 N–H and O–H groups in total. The Morgan fingerprint density at radius 2 is 1.73 bits per heavy atom. The van der Waals surface area contributed by atoms with Crippen molar-refractivity contribution in [1.82, 2.24) is 19.9 Å². The van der Waals surface area contributed by atoms with Crippen LogP contribution < -0.4 is 5.43 Å². The lowest BCUT2D eigenvalue weighted by Gasteiger charge is -2.24. The Labute approximate surface area is 284 Å². The first kappa shape index (κ1) is 33.4. The van der Waals surface area contributed by atoms with Crippen molar-refractivity contribution in [3.05, 3.63) is 180 Å². The SMILES string of the molecule is C=C/C=C(\C=C/CN1C(=NC)/C(=C\C)C2=C1C(=C)/C(=N\Nc1ccccc1)C=C2)C(/C=C\C)=C/C(C)c1ncnc(-c2ccccc2)n1. The molecule has 0 radical (unpaired) electrons. The second kappa shape index (κ2) is 16.1. The van der Waals surface area contributed by atoms with Gasteiger partial charge in [0.25, 0.3) is 0 Å². The number of nitrogens with one attached hydrogen (secondary N) is 1. The van der Waals surface area contributed by atoms with Gasteiger partial charge in [0.15, 0.2) is 5.82 Å². The maximum Gasteiger partial charge on any atom is 0.163 e. The molecule has 1 unspecified atom stereocenters. The standard InChI is InChI=1S/C41H41N7/c1-7-17-31(33(18-8-2)27-29(4)39-43-28-44-40(45-39)32-19-12-10-13-20-32)21-16-26-48-38-30(5)37(47-46-34-22-14-11-15-23-34)25-24-36(38)35(9-3)41(48)42-6/h7-25,27-29,46H,1,5,26H2,2-4,6H3/b18-8-,21-16-,31-17+,33-27+,35-9-,42-41?,47-37-. The molecule has 0 spiro atoms. The summed E-state index contributed by atoms with van der Waals surface area (Å²) in [6.45, 7) is 15.2. The second-order valence-electron chi connectivity index (χ2n) is 11.1. The van der Waals surface area contributed by atoms with Crippen LogP contribution in [0.3, 0.4) is 0 Å². The maximum absolute atomic E-state index is 4.78. The second-order valence-corrected chi connectivity index (χ2v) is 11.1. The van der Waals surface area contributed by atoms with Crippen LogP contribution >= 0.6 is 0 Å². The van der Waals surface area contributed by atoms with Crippen molar-refractivity contribution in [3.8, 4) is 11.4 Å². The van der Waals surface area contributed by atoms with Crippen molar-refractivity contribution in [2.45, 2.75) is 26.7 Å². The summed E-state index contributed by atoms with van der Waals surface area (Å²) in [6, 6.07) is 19.8. The zero-order valence-electron chi connectivity index (χ0n) is 28.0. The number of anilines is 1. The van der Waals surface area contributed by atoms with Gasteiger partial charge < -0.3 is 4.90 Å². The van der Waals surface area contributed by atoms with Gasteiger partial charge in [-0.1, -0.05) is 117 Å². The molecule has 2 aromatic carbocycles. The van der Waals surface area contributed by atoms with Crippen LogP contribution in [-0.2, 0) is 0 Å². The van der Waals surface area contributed by atoms with Crippen LogP contribution in [-0.4, -0.2) is 45.0 Å². The summed E-state index contributed by atoms with van der Waals surface area (Å²) in [5.41, 5.74) is 11.8. The van der Waals surface area contributed by atoms with Crippen LogP contribution in [0.4, 0.5) is 5.69 Å². The molecule has 1 aliphatic carbocycles. The molecule has 3 aromatic rings. The minimum absolute atomic E-state index is 0.0646. The number of para-hydroxylation sites is 1. The third kappa shape index (κ3) is 7.53. The van der Waals surface area contributed by atoms with E-state index in [0.29, 0.717) is 18.2 Å². The van der Waals surface area contributed by atoms with E-state index in [4.69, 9.17) is 9.98 Å². The van der Waals surface area contributed by atoms with Gasteiger partial charge in [-0.25, -0.2) is 15.0 Å². The van der Waals surface area contributed by atoms with Gasteiger partial charge in [-0.2, -0.15) is 5.10 Å². The molecule has 1 aliphatic heterocycles. The van der Waals surface area contributed by atoms with E-state index in [2.05, 4.69) is 81.9 Å². The fourth-order valence-electron chi connectivity index (χ4n) is 5.65. The van der Waals surface area contributed by atoms with Crippen LogP contribution in [0.25, 0.3) is 11.4 Å². The Morgan fingerprint density at radius 1 is 0.979 bits per heavy atom. The van der Waals surface area contributed by atoms with Crippen LogP contribution in [0.2, 0.25) is 0 Å². The molecule has 0 fully saturated rings. The van der Waals surface area contributed by atoms with Gasteiger partial charge in [-0.15, -0.1) is 0 Å². The van der Waals surface area contributed by atoms with Gasteiger partial charge in [0.2, 0.25) is 0 Å². The number of hydrogen-bond donors (Lipinski definition) is 1. The highest BCUT2D eigenvalue weighted by Crippen LogP contribution is 2.38. The maximum atomic E-state index is 4.78. The van der Waals surface area contributed by atoms with Crippen molar-refractivity contribution >= 4 is 17.2 Å². The van der Waals surface area contributed by atoms with Gasteiger partial charge in [-0.05, 0) is 49.3 Å². The molecule has 2 heterocycles. The minimum Gasteiger partial charge on any atom is -0.321 e. The fourth-order valence-corrected chi connectivity index (χ4v) is 5.65. The van der Waals surface area contributed by atoms with E-state index < -0.39 is 0 Å². The third-order valence-electron chi connectivity index (χ3n) is 7.92. The van der Waals surface area contributed by atoms with Crippen molar-refractivity contribution in [3.63, 3.8) is 0 Å². The van der Waals surface area contributed by atoms with E-state index >= 15 is 0 Å². The number of nitrogens with zero attached hydrogens (tertiary/aromatic N) is 6. The third-order valence-corrected chi connectivity index (χ3v) is 7.92. The molecule has 0 bridgehead atoms. The summed E-state index contributed by atoms with van der Waals surface area (Å²) >= 11 is 0. The summed E-state index contributed by atoms with van der Waals surface area (Å²) in [6.07, 6.45) is 22.2. The first-order valence-corrected chi connectivity index (χ1v) is 16.0. The number of aromatic nitrogens is 3. The lowest BCUT2D eigenvalue weighted by molar-refractivity contribution is 0.595. The van der Waals surface area contributed by atoms with Crippen LogP contribution in [0.15, 0.2) is 185 Å². The summed E-state index contributed by atoms with van der Waals surface area (Å²) in [4.78, 5) is 20.6. The zero-order valence-corrected chi connectivity index (χ0v) is 28.0. The Morgan fingerprint density at radius 3 is 2.42 bits per heavy atom. The van der Waals surface area contributed by atoms with Gasteiger partial charge >= 0.3 is 0 Å². The molecule has 1 aromatic heterocycles. The smallest absolute Gasteiger partial charge is 0.163 e. The number of hydrogen-bond acceptors (Lipinski definition) is 6. The van der Waals surface area contributed by atoms with Crippen molar-refractivity contribution < 1.29 is 0 Å². The average molecular weight is 632 g/mol. The molecule has 48 heavy (non-hydrogen) atoms. The number of aliphatic imine (C=N–C) groups is 1. The molecule has 1 atom stereocenters. The Bertz CT molecular complexity index is 1930. The normalized spacial score (nSPS) is 18.5. The number of allylic oxidation sites excluding steroid dienone is 12. The van der Waals surface area contributed by atoms with Gasteiger partial charge in [0, 0.05) is 41.8 Å². The molecule has 0 amide bonds. The van der Waals surface area contributed by atoms with E-state index in [1.165, 1.54) is 0 Å². The summed E-state index contributed by atoms with van der Waals surface area (Å²) < 4.78 is 0. The first-order chi connectivity index (χ1) is 23.5. The molecule has 2 aliphatic rings. The highest BCUT2D eigenvalue weighted by atomic mass is 15.3. The molecular weight excluding hydrogens is 591 g/mol. The van der Waals surface area contributed by atoms with E-state index in [-0.39, 0.29) is 5.92 Å². The largest absolute Gasteiger partial charge is 0.321 e. The van der Waals surface area contributed by atoms with E-state index in [1.54, 1.807) is 6.33 Å². The van der Waals surface area contributed by atoms with Crippen molar-refractivity contribution in [1.29, 1.82) is 0 Å². The number of hydrazone groups is 1. The molecule has 7 heteroatoms. The zero-order chi connectivity index (χ0) is 33.9. The first-order valence-electron chi connectivity index (χ1n) is 16.0. The van der Waals surface area contributed by atoms with Gasteiger partial charge in [0.05, 0.1) is 17.1 Å². The molecule has 7 nitrogen and oxygen atoms in total. The Hall–Kier alpha value is -5.95.